The average Bonchev–Trinajstić information content (AvgIpc) is 2.94. The molecule has 0 aliphatic carbocycles. The van der Waals surface area contributed by atoms with Crippen molar-refractivity contribution >= 4 is 23.6 Å². The number of thioether (sulfide) groups is 1. The fraction of sp³-hybridized carbons (Fsp3) is 0.579. The van der Waals surface area contributed by atoms with Crippen LogP contribution >= 0.6 is 11.8 Å². The van der Waals surface area contributed by atoms with Gasteiger partial charge in [-0.25, -0.2) is 4.79 Å². The molecule has 0 spiro atoms. The van der Waals surface area contributed by atoms with Gasteiger partial charge in [0.1, 0.15) is 0 Å². The zero-order chi connectivity index (χ0) is 17.6. The van der Waals surface area contributed by atoms with E-state index in [1.54, 1.807) is 24.3 Å². The fourth-order valence-corrected chi connectivity index (χ4v) is 4.69. The van der Waals surface area contributed by atoms with Crippen LogP contribution in [0.2, 0.25) is 0 Å². The van der Waals surface area contributed by atoms with E-state index < -0.39 is 0 Å². The second-order valence-corrected chi connectivity index (χ2v) is 7.82. The maximum atomic E-state index is 12.8. The molecule has 1 aromatic rings. The number of hydrogen-bond donors (Lipinski definition) is 0. The first-order valence-corrected chi connectivity index (χ1v) is 10.1. The van der Waals surface area contributed by atoms with Gasteiger partial charge in [0.15, 0.2) is 0 Å². The van der Waals surface area contributed by atoms with Crippen LogP contribution in [0.15, 0.2) is 24.3 Å². The van der Waals surface area contributed by atoms with Crippen molar-refractivity contribution in [2.75, 3.05) is 44.8 Å². The first-order valence-electron chi connectivity index (χ1n) is 8.98. The van der Waals surface area contributed by atoms with Crippen LogP contribution in [0.1, 0.15) is 40.0 Å². The number of carbonyl (C=O) groups excluding carboxylic acids is 2. The second-order valence-electron chi connectivity index (χ2n) is 6.59. The molecule has 2 heterocycles. The highest BCUT2D eigenvalue weighted by molar-refractivity contribution is 7.99. The highest BCUT2D eigenvalue weighted by atomic mass is 32.2. The van der Waals surface area contributed by atoms with Gasteiger partial charge in [-0.1, -0.05) is 0 Å². The van der Waals surface area contributed by atoms with E-state index in [1.165, 1.54) is 31.5 Å². The molecular weight excluding hydrogens is 336 g/mol. The van der Waals surface area contributed by atoms with Gasteiger partial charge in [-0.05, 0) is 55.0 Å². The van der Waals surface area contributed by atoms with Gasteiger partial charge in [-0.3, -0.25) is 9.69 Å². The van der Waals surface area contributed by atoms with Crippen molar-refractivity contribution in [1.29, 1.82) is 0 Å². The van der Waals surface area contributed by atoms with E-state index in [-0.39, 0.29) is 11.9 Å². The molecule has 25 heavy (non-hydrogen) atoms. The van der Waals surface area contributed by atoms with E-state index in [9.17, 15) is 9.59 Å². The molecule has 3 rings (SSSR count). The molecule has 1 aromatic carbocycles. The van der Waals surface area contributed by atoms with E-state index in [0.29, 0.717) is 17.2 Å². The first-order chi connectivity index (χ1) is 12.2. The monoisotopic (exact) mass is 362 g/mol. The van der Waals surface area contributed by atoms with Crippen LogP contribution in [0.5, 0.6) is 0 Å². The lowest BCUT2D eigenvalue weighted by Crippen LogP contribution is -2.41. The summed E-state index contributed by atoms with van der Waals surface area (Å²) in [6.07, 6.45) is 3.57. The predicted molar refractivity (Wildman–Crippen MR) is 100 cm³/mol. The molecule has 0 saturated carbocycles. The highest BCUT2D eigenvalue weighted by Crippen LogP contribution is 2.23. The van der Waals surface area contributed by atoms with Crippen LogP contribution < -0.4 is 0 Å². The summed E-state index contributed by atoms with van der Waals surface area (Å²) in [5, 5.41) is 0. The highest BCUT2D eigenvalue weighted by Gasteiger charge is 2.25. The van der Waals surface area contributed by atoms with Gasteiger partial charge in [-0.15, -0.1) is 0 Å². The van der Waals surface area contributed by atoms with E-state index in [0.717, 1.165) is 32.6 Å². The van der Waals surface area contributed by atoms with Crippen LogP contribution in [-0.4, -0.2) is 72.5 Å². The summed E-state index contributed by atoms with van der Waals surface area (Å²) in [5.41, 5.74) is 1.10. The zero-order valence-corrected chi connectivity index (χ0v) is 15.6. The third kappa shape index (κ3) is 4.55. The van der Waals surface area contributed by atoms with Crippen molar-refractivity contribution in [3.05, 3.63) is 35.4 Å². The van der Waals surface area contributed by atoms with Gasteiger partial charge in [0, 0.05) is 37.8 Å². The number of hydrogen-bond acceptors (Lipinski definition) is 5. The molecular formula is C19H26N2O3S. The zero-order valence-electron chi connectivity index (χ0n) is 14.8. The summed E-state index contributed by atoms with van der Waals surface area (Å²) >= 11 is 2.05. The first kappa shape index (κ1) is 18.3. The summed E-state index contributed by atoms with van der Waals surface area (Å²) in [4.78, 5) is 28.8. The van der Waals surface area contributed by atoms with Gasteiger partial charge in [0.2, 0.25) is 0 Å². The van der Waals surface area contributed by atoms with Crippen molar-refractivity contribution in [3.63, 3.8) is 0 Å². The largest absolute Gasteiger partial charge is 0.465 e. The Morgan fingerprint density at radius 2 is 1.68 bits per heavy atom. The number of rotatable bonds is 3. The molecule has 2 aliphatic heterocycles. The SMILES string of the molecule is COC(=O)c1ccc(C(=O)N2CCCN(C3CCSCC3)CC2)cc1. The Balaban J connectivity index is 1.59. The minimum atomic E-state index is -0.380. The molecule has 2 aliphatic rings. The topological polar surface area (TPSA) is 49.9 Å². The number of ether oxygens (including phenoxy) is 1. The van der Waals surface area contributed by atoms with Crippen molar-refractivity contribution in [3.8, 4) is 0 Å². The molecule has 6 heteroatoms. The van der Waals surface area contributed by atoms with Gasteiger partial charge in [0.25, 0.3) is 5.91 Å². The standard InChI is InChI=1S/C19H26N2O3S/c1-24-19(23)16-5-3-15(4-6-16)18(22)21-10-2-9-20(11-12-21)17-7-13-25-14-8-17/h3-6,17H,2,7-14H2,1H3. The molecule has 0 aromatic heterocycles. The quantitative estimate of drug-likeness (QED) is 0.774. The number of methoxy groups -OCH3 is 1. The maximum Gasteiger partial charge on any atom is 0.337 e. The third-order valence-electron chi connectivity index (χ3n) is 5.08. The Morgan fingerprint density at radius 1 is 1.00 bits per heavy atom. The average molecular weight is 362 g/mol. The number of benzene rings is 1. The normalized spacial score (nSPS) is 20.1. The molecule has 136 valence electrons. The number of amides is 1. The van der Waals surface area contributed by atoms with Gasteiger partial charge < -0.3 is 9.64 Å². The Morgan fingerprint density at radius 3 is 2.36 bits per heavy atom. The lowest BCUT2D eigenvalue weighted by atomic mass is 10.1. The summed E-state index contributed by atoms with van der Waals surface area (Å²) in [6, 6.07) is 7.44. The maximum absolute atomic E-state index is 12.8. The molecule has 0 atom stereocenters. The second kappa shape index (κ2) is 8.72. The molecule has 0 N–H and O–H groups in total. The van der Waals surface area contributed by atoms with Crippen molar-refractivity contribution in [2.45, 2.75) is 25.3 Å². The number of carbonyl (C=O) groups is 2. The van der Waals surface area contributed by atoms with E-state index >= 15 is 0 Å². The molecule has 2 fully saturated rings. The smallest absolute Gasteiger partial charge is 0.337 e. The van der Waals surface area contributed by atoms with Crippen LogP contribution in [0.25, 0.3) is 0 Å². The van der Waals surface area contributed by atoms with Gasteiger partial charge >= 0.3 is 5.97 Å². The molecule has 0 unspecified atom stereocenters. The Hall–Kier alpha value is -1.53. The predicted octanol–water partition coefficient (Wildman–Crippen LogP) is 2.52. The molecule has 1 amide bonds. The van der Waals surface area contributed by atoms with Crippen LogP contribution in [-0.2, 0) is 4.74 Å². The number of nitrogens with zero attached hydrogens (tertiary/aromatic N) is 2. The molecule has 0 bridgehead atoms. The Bertz CT molecular complexity index is 599. The van der Waals surface area contributed by atoms with E-state index in [4.69, 9.17) is 4.74 Å². The van der Waals surface area contributed by atoms with E-state index in [2.05, 4.69) is 16.7 Å². The number of esters is 1. The van der Waals surface area contributed by atoms with Crippen molar-refractivity contribution < 1.29 is 14.3 Å². The molecule has 2 saturated heterocycles. The van der Waals surface area contributed by atoms with Crippen molar-refractivity contribution in [1.82, 2.24) is 9.80 Å². The molecule has 5 nitrogen and oxygen atoms in total. The Kier molecular flexibility index (Phi) is 6.37. The lowest BCUT2D eigenvalue weighted by Gasteiger charge is -2.33. The minimum absolute atomic E-state index is 0.0532. The third-order valence-corrected chi connectivity index (χ3v) is 6.13. The van der Waals surface area contributed by atoms with Crippen LogP contribution in [0, 0.1) is 0 Å². The summed E-state index contributed by atoms with van der Waals surface area (Å²) in [7, 11) is 1.36. The summed E-state index contributed by atoms with van der Waals surface area (Å²) < 4.78 is 4.70. The van der Waals surface area contributed by atoms with Gasteiger partial charge in [-0.2, -0.15) is 11.8 Å². The summed E-state index contributed by atoms with van der Waals surface area (Å²) in [6.45, 7) is 3.62. The lowest BCUT2D eigenvalue weighted by molar-refractivity contribution is 0.0599. The minimum Gasteiger partial charge on any atom is -0.465 e. The van der Waals surface area contributed by atoms with Crippen LogP contribution in [0.3, 0.4) is 0 Å². The summed E-state index contributed by atoms with van der Waals surface area (Å²) in [5.74, 6) is 2.19. The van der Waals surface area contributed by atoms with Crippen LogP contribution in [0.4, 0.5) is 0 Å². The van der Waals surface area contributed by atoms with E-state index in [1.807, 2.05) is 4.90 Å². The van der Waals surface area contributed by atoms with Gasteiger partial charge in [0.05, 0.1) is 12.7 Å². The fourth-order valence-electron chi connectivity index (χ4n) is 3.61. The Labute approximate surface area is 153 Å². The molecule has 0 radical (unpaired) electrons. The van der Waals surface area contributed by atoms with Crippen molar-refractivity contribution in [2.24, 2.45) is 0 Å².